The lowest BCUT2D eigenvalue weighted by atomic mass is 9.94. The molecule has 6 heteroatoms. The molecule has 1 amide bonds. The number of hydrogen-bond acceptors (Lipinski definition) is 5. The van der Waals surface area contributed by atoms with Gasteiger partial charge < -0.3 is 16.4 Å². The minimum atomic E-state index is -0.300. The largest absolute Gasteiger partial charge is 0.368 e. The van der Waals surface area contributed by atoms with Crippen LogP contribution in [0.5, 0.6) is 0 Å². The molecule has 0 fully saturated rings. The third kappa shape index (κ3) is 4.55. The first-order valence-electron chi connectivity index (χ1n) is 7.98. The van der Waals surface area contributed by atoms with Crippen LogP contribution in [0.1, 0.15) is 40.0 Å². The smallest absolute Gasteiger partial charge is 0.222 e. The van der Waals surface area contributed by atoms with E-state index in [2.05, 4.69) is 34.4 Å². The fraction of sp³-hybridized carbons (Fsp3) is 0.471. The Balaban J connectivity index is 2.33. The first-order valence-corrected chi connectivity index (χ1v) is 7.98. The molecule has 0 radical (unpaired) electrons. The Morgan fingerprint density at radius 2 is 2.04 bits per heavy atom. The first kappa shape index (κ1) is 17.0. The number of rotatable bonds is 7. The molecule has 2 rings (SSSR count). The molecule has 0 saturated heterocycles. The van der Waals surface area contributed by atoms with Crippen LogP contribution in [0.4, 0.5) is 11.8 Å². The molecule has 23 heavy (non-hydrogen) atoms. The summed E-state index contributed by atoms with van der Waals surface area (Å²) in [4.78, 5) is 19.9. The number of amides is 1. The Labute approximate surface area is 136 Å². The number of carbonyl (C=O) groups excluding carboxylic acids is 1. The molecule has 124 valence electrons. The summed E-state index contributed by atoms with van der Waals surface area (Å²) in [5, 5.41) is 7.31. The Morgan fingerprint density at radius 3 is 2.74 bits per heavy atom. The normalized spacial score (nSPS) is 13.5. The van der Waals surface area contributed by atoms with Crippen LogP contribution < -0.4 is 16.4 Å². The van der Waals surface area contributed by atoms with E-state index < -0.39 is 0 Å². The van der Waals surface area contributed by atoms with E-state index in [1.807, 2.05) is 24.3 Å². The van der Waals surface area contributed by atoms with Gasteiger partial charge in [0.25, 0.3) is 0 Å². The molecule has 4 N–H and O–H groups in total. The van der Waals surface area contributed by atoms with Crippen molar-refractivity contribution in [2.75, 3.05) is 17.6 Å². The number of nitrogen functional groups attached to an aromatic ring is 1. The molecule has 0 aliphatic rings. The van der Waals surface area contributed by atoms with Crippen LogP contribution in [0, 0.1) is 0 Å². The summed E-state index contributed by atoms with van der Waals surface area (Å²) >= 11 is 0. The monoisotopic (exact) mass is 315 g/mol. The molecular weight excluding hydrogens is 290 g/mol. The average Bonchev–Trinajstić information content (AvgIpc) is 2.51. The number of fused-ring (bicyclic) bond motifs is 1. The third-order valence-corrected chi connectivity index (χ3v) is 3.85. The number of unbranched alkanes of at least 4 members (excludes halogenated alkanes) is 1. The second-order valence-electron chi connectivity index (χ2n) is 6.15. The van der Waals surface area contributed by atoms with Gasteiger partial charge in [0, 0.05) is 18.9 Å². The highest BCUT2D eigenvalue weighted by Gasteiger charge is 2.25. The van der Waals surface area contributed by atoms with E-state index in [9.17, 15) is 4.79 Å². The fourth-order valence-corrected chi connectivity index (χ4v) is 2.56. The highest BCUT2D eigenvalue weighted by molar-refractivity contribution is 5.90. The van der Waals surface area contributed by atoms with Gasteiger partial charge in [-0.15, -0.1) is 0 Å². The van der Waals surface area contributed by atoms with E-state index in [-0.39, 0.29) is 17.4 Å². The van der Waals surface area contributed by atoms with Crippen LogP contribution in [-0.2, 0) is 4.79 Å². The van der Waals surface area contributed by atoms with E-state index >= 15 is 0 Å². The highest BCUT2D eigenvalue weighted by atomic mass is 16.1. The Hall–Kier alpha value is -2.37. The maximum atomic E-state index is 11.3. The summed E-state index contributed by atoms with van der Waals surface area (Å²) in [6, 6.07) is 7.75. The summed E-state index contributed by atoms with van der Waals surface area (Å²) < 4.78 is 0. The van der Waals surface area contributed by atoms with E-state index in [4.69, 9.17) is 5.73 Å². The summed E-state index contributed by atoms with van der Waals surface area (Å²) in [5.74, 6) is 0.905. The third-order valence-electron chi connectivity index (χ3n) is 3.85. The van der Waals surface area contributed by atoms with Gasteiger partial charge >= 0.3 is 0 Å². The molecular formula is C17H25N5O. The maximum absolute atomic E-state index is 11.3. The van der Waals surface area contributed by atoms with E-state index in [1.54, 1.807) is 0 Å². The number of aromatic nitrogens is 2. The lowest BCUT2D eigenvalue weighted by Gasteiger charge is -2.32. The van der Waals surface area contributed by atoms with Gasteiger partial charge in [0.05, 0.1) is 11.1 Å². The Bertz CT molecular complexity index is 688. The molecule has 1 atom stereocenters. The molecule has 1 heterocycles. The zero-order valence-corrected chi connectivity index (χ0v) is 14.0. The highest BCUT2D eigenvalue weighted by Crippen LogP contribution is 2.26. The summed E-state index contributed by atoms with van der Waals surface area (Å²) in [6.07, 6.45) is 3.06. The van der Waals surface area contributed by atoms with E-state index in [1.165, 1.54) is 6.92 Å². The van der Waals surface area contributed by atoms with Crippen molar-refractivity contribution in [3.63, 3.8) is 0 Å². The second kappa shape index (κ2) is 7.26. The van der Waals surface area contributed by atoms with Crippen molar-refractivity contribution in [3.05, 3.63) is 24.3 Å². The van der Waals surface area contributed by atoms with Gasteiger partial charge in [-0.3, -0.25) is 4.79 Å². The average molecular weight is 315 g/mol. The van der Waals surface area contributed by atoms with Gasteiger partial charge in [0.2, 0.25) is 11.9 Å². The summed E-state index contributed by atoms with van der Waals surface area (Å²) in [6.45, 7) is 6.29. The van der Waals surface area contributed by atoms with Gasteiger partial charge in [0.15, 0.2) is 0 Å². The first-order chi connectivity index (χ1) is 10.9. The lowest BCUT2D eigenvalue weighted by Crippen LogP contribution is -2.46. The molecule has 2 aromatic rings. The van der Waals surface area contributed by atoms with E-state index in [0.29, 0.717) is 12.4 Å². The summed E-state index contributed by atoms with van der Waals surface area (Å²) in [5.41, 5.74) is 6.34. The van der Waals surface area contributed by atoms with Crippen molar-refractivity contribution in [2.24, 2.45) is 0 Å². The number of nitrogens with two attached hydrogens (primary N) is 1. The quantitative estimate of drug-likeness (QED) is 0.730. The minimum Gasteiger partial charge on any atom is -0.368 e. The van der Waals surface area contributed by atoms with Crippen LogP contribution in [0.3, 0.4) is 0 Å². The van der Waals surface area contributed by atoms with Crippen molar-refractivity contribution in [1.29, 1.82) is 0 Å². The minimum absolute atomic E-state index is 0.0402. The maximum Gasteiger partial charge on any atom is 0.222 e. The topological polar surface area (TPSA) is 92.9 Å². The summed E-state index contributed by atoms with van der Waals surface area (Å²) in [7, 11) is 0. The van der Waals surface area contributed by atoms with Crippen LogP contribution in [-0.4, -0.2) is 28.0 Å². The number of para-hydroxylation sites is 1. The van der Waals surface area contributed by atoms with Crippen molar-refractivity contribution in [2.45, 2.75) is 45.6 Å². The molecule has 0 aliphatic heterocycles. The number of carbonyl (C=O) groups is 1. The van der Waals surface area contributed by atoms with Crippen molar-refractivity contribution >= 4 is 28.6 Å². The van der Waals surface area contributed by atoms with Gasteiger partial charge in [-0.1, -0.05) is 31.9 Å². The molecule has 1 aromatic heterocycles. The van der Waals surface area contributed by atoms with Gasteiger partial charge in [-0.05, 0) is 25.5 Å². The number of nitrogens with zero attached hydrogens (tertiary/aromatic N) is 2. The standard InChI is InChI=1S/C17H25N5O/c1-4-5-10-17(3,11-19-12(2)23)22-15-13-8-6-7-9-14(13)20-16(18)21-15/h6-9H,4-5,10-11H2,1-3H3,(H,19,23)(H3,18,20,21,22)/t17-/m1/s1. The van der Waals surface area contributed by atoms with Crippen molar-refractivity contribution in [1.82, 2.24) is 15.3 Å². The Kier molecular flexibility index (Phi) is 5.36. The molecule has 1 aromatic carbocycles. The fourth-order valence-electron chi connectivity index (χ4n) is 2.56. The van der Waals surface area contributed by atoms with Gasteiger partial charge in [0.1, 0.15) is 5.82 Å². The van der Waals surface area contributed by atoms with Gasteiger partial charge in [-0.25, -0.2) is 4.98 Å². The van der Waals surface area contributed by atoms with Crippen LogP contribution >= 0.6 is 0 Å². The number of nitrogens with one attached hydrogen (secondary N) is 2. The zero-order valence-electron chi connectivity index (χ0n) is 14.0. The molecule has 0 spiro atoms. The number of anilines is 2. The van der Waals surface area contributed by atoms with Gasteiger partial charge in [-0.2, -0.15) is 4.98 Å². The van der Waals surface area contributed by atoms with Crippen molar-refractivity contribution in [3.8, 4) is 0 Å². The molecule has 0 unspecified atom stereocenters. The molecule has 6 nitrogen and oxygen atoms in total. The predicted octanol–water partition coefficient (Wildman–Crippen LogP) is 2.71. The lowest BCUT2D eigenvalue weighted by molar-refractivity contribution is -0.119. The number of hydrogen-bond donors (Lipinski definition) is 3. The second-order valence-corrected chi connectivity index (χ2v) is 6.15. The molecule has 0 saturated carbocycles. The molecule has 0 bridgehead atoms. The predicted molar refractivity (Wildman–Crippen MR) is 94.2 cm³/mol. The van der Waals surface area contributed by atoms with Crippen LogP contribution in [0.15, 0.2) is 24.3 Å². The SMILES string of the molecule is CCCC[C@](C)(CNC(C)=O)Nc1nc(N)nc2ccccc12. The Morgan fingerprint density at radius 1 is 1.30 bits per heavy atom. The van der Waals surface area contributed by atoms with E-state index in [0.717, 1.165) is 30.2 Å². The van der Waals surface area contributed by atoms with Crippen LogP contribution in [0.25, 0.3) is 10.9 Å². The van der Waals surface area contributed by atoms with Crippen LogP contribution in [0.2, 0.25) is 0 Å². The molecule has 0 aliphatic carbocycles. The number of benzene rings is 1. The van der Waals surface area contributed by atoms with Crippen molar-refractivity contribution < 1.29 is 4.79 Å². The zero-order chi connectivity index (χ0) is 16.9.